The first-order valence-corrected chi connectivity index (χ1v) is 19.9. The fourth-order valence-corrected chi connectivity index (χ4v) is 9.08. The molecule has 0 bridgehead atoms. The minimum absolute atomic E-state index is 0.408. The molecule has 10 rings (SSSR count). The first-order valence-electron chi connectivity index (χ1n) is 19.9. The molecule has 292 valence electrons. The van der Waals surface area contributed by atoms with Gasteiger partial charge in [0.1, 0.15) is 0 Å². The van der Waals surface area contributed by atoms with Crippen molar-refractivity contribution in [2.75, 3.05) is 0 Å². The number of hydrogen-bond donors (Lipinski definition) is 0. The maximum Gasteiger partial charge on any atom is 0.416 e. The van der Waals surface area contributed by atoms with Gasteiger partial charge in [0.05, 0.1) is 57.2 Å². The highest BCUT2D eigenvalue weighted by Gasteiger charge is 2.31. The number of nitrogens with zero attached hydrogens (tertiary/aromatic N) is 4. The normalized spacial score (nSPS) is 11.7. The quantitative estimate of drug-likeness (QED) is 0.160. The molecule has 0 radical (unpaired) electrons. The monoisotopic (exact) mass is 796 g/mol. The van der Waals surface area contributed by atoms with Crippen LogP contribution in [0, 0.1) is 38.7 Å². The number of halogens is 3. The van der Waals surface area contributed by atoms with E-state index in [4.69, 9.17) is 6.57 Å². The van der Waals surface area contributed by atoms with Crippen LogP contribution >= 0.6 is 0 Å². The molecule has 0 unspecified atom stereocenters. The number of para-hydroxylation sites is 2. The molecule has 0 fully saturated rings. The second kappa shape index (κ2) is 14.2. The van der Waals surface area contributed by atoms with Crippen molar-refractivity contribution in [3.05, 3.63) is 197 Å². The van der Waals surface area contributed by atoms with Crippen LogP contribution in [0.4, 0.5) is 18.9 Å². The van der Waals surface area contributed by atoms with E-state index in [2.05, 4.69) is 94.6 Å². The molecule has 0 saturated heterocycles. The smallest absolute Gasteiger partial charge is 0.308 e. The number of aromatic nitrogens is 2. The maximum atomic E-state index is 14.1. The third-order valence-corrected chi connectivity index (χ3v) is 11.6. The third kappa shape index (κ3) is 6.31. The Morgan fingerprint density at radius 1 is 0.492 bits per heavy atom. The SMILES string of the molecule is [C-]#[N+]c1cc(-n2c3ccccc3c3ccc(-c4cc(C)cc(C)c4)cc32)c(-n2c3ccccc3c3ccc(-c4cc(C)cc(C(F)(F)F)c4)cc32)cc1-c1cccc(C#N)c1. The molecule has 0 aliphatic carbocycles. The Balaban J connectivity index is 1.35. The number of hydrogen-bond acceptors (Lipinski definition) is 1. The first kappa shape index (κ1) is 37.4. The van der Waals surface area contributed by atoms with Crippen molar-refractivity contribution in [1.82, 2.24) is 9.13 Å². The molecule has 61 heavy (non-hydrogen) atoms. The third-order valence-electron chi connectivity index (χ3n) is 11.6. The first-order chi connectivity index (χ1) is 29.5. The summed E-state index contributed by atoms with van der Waals surface area (Å²) in [5, 5.41) is 13.9. The van der Waals surface area contributed by atoms with Gasteiger partial charge in [-0.1, -0.05) is 108 Å². The van der Waals surface area contributed by atoms with E-state index in [1.165, 1.54) is 23.3 Å². The molecular weight excluding hydrogens is 762 g/mol. The van der Waals surface area contributed by atoms with Crippen LogP contribution in [0.3, 0.4) is 0 Å². The number of fused-ring (bicyclic) bond motifs is 6. The summed E-state index contributed by atoms with van der Waals surface area (Å²) >= 11 is 0. The van der Waals surface area contributed by atoms with Gasteiger partial charge in [-0.05, 0) is 120 Å². The van der Waals surface area contributed by atoms with E-state index in [-0.39, 0.29) is 0 Å². The Morgan fingerprint density at radius 2 is 1.02 bits per heavy atom. The van der Waals surface area contributed by atoms with E-state index in [9.17, 15) is 18.4 Å². The Labute approximate surface area is 350 Å². The minimum atomic E-state index is -4.50. The number of nitriles is 1. The van der Waals surface area contributed by atoms with E-state index in [1.807, 2.05) is 66.7 Å². The van der Waals surface area contributed by atoms with E-state index in [1.54, 1.807) is 25.1 Å². The Hall–Kier alpha value is -7.87. The van der Waals surface area contributed by atoms with Crippen LogP contribution in [0.15, 0.2) is 158 Å². The lowest BCUT2D eigenvalue weighted by atomic mass is 9.98. The zero-order chi connectivity index (χ0) is 42.2. The second-order valence-corrected chi connectivity index (χ2v) is 15.8. The zero-order valence-electron chi connectivity index (χ0n) is 33.4. The van der Waals surface area contributed by atoms with Gasteiger partial charge in [0.15, 0.2) is 5.69 Å². The molecule has 0 N–H and O–H groups in total. The van der Waals surface area contributed by atoms with Crippen LogP contribution in [0.2, 0.25) is 0 Å². The average Bonchev–Trinajstić information content (AvgIpc) is 3.77. The van der Waals surface area contributed by atoms with Crippen LogP contribution in [-0.2, 0) is 6.18 Å². The standard InChI is InChI=1S/C54H35F3N4/c1-32-20-33(2)22-39(21-32)36-16-18-45-43-13-6-8-15-49(43)61(51(45)27-36)53-30-47(59-4)46(38-11-9-10-35(25-38)31-58)29-52(53)60-48-14-7-5-12-42(48)44-19-17-37(28-50(44)60)40-23-34(3)24-41(26-40)54(55,56)57/h5-30H,1-3H3. The van der Waals surface area contributed by atoms with Crippen molar-refractivity contribution in [3.63, 3.8) is 0 Å². The molecule has 10 aromatic rings. The molecule has 0 aliphatic heterocycles. The number of alkyl halides is 3. The molecule has 0 aliphatic rings. The fourth-order valence-electron chi connectivity index (χ4n) is 9.08. The van der Waals surface area contributed by atoms with Gasteiger partial charge < -0.3 is 9.13 Å². The van der Waals surface area contributed by atoms with Crippen molar-refractivity contribution in [3.8, 4) is 50.8 Å². The predicted molar refractivity (Wildman–Crippen MR) is 242 cm³/mol. The van der Waals surface area contributed by atoms with E-state index >= 15 is 0 Å². The van der Waals surface area contributed by atoms with Crippen LogP contribution in [-0.4, -0.2) is 9.13 Å². The molecule has 0 amide bonds. The molecule has 4 nitrogen and oxygen atoms in total. The van der Waals surface area contributed by atoms with Gasteiger partial charge in [-0.2, -0.15) is 18.4 Å². The molecule has 0 spiro atoms. The molecule has 2 heterocycles. The van der Waals surface area contributed by atoms with Crippen LogP contribution in [0.5, 0.6) is 0 Å². The second-order valence-electron chi connectivity index (χ2n) is 15.8. The summed E-state index contributed by atoms with van der Waals surface area (Å²) in [4.78, 5) is 4.11. The summed E-state index contributed by atoms with van der Waals surface area (Å²) in [6, 6.07) is 52.9. The van der Waals surface area contributed by atoms with Gasteiger partial charge in [0.25, 0.3) is 0 Å². The van der Waals surface area contributed by atoms with E-state index in [0.717, 1.165) is 71.7 Å². The number of benzene rings is 8. The highest BCUT2D eigenvalue weighted by Crippen LogP contribution is 2.45. The average molecular weight is 797 g/mol. The lowest BCUT2D eigenvalue weighted by Crippen LogP contribution is -2.05. The van der Waals surface area contributed by atoms with Crippen molar-refractivity contribution in [1.29, 1.82) is 5.26 Å². The Bertz CT molecular complexity index is 3510. The number of rotatable bonds is 5. The lowest BCUT2D eigenvalue weighted by Gasteiger charge is -2.20. The molecule has 0 saturated carbocycles. The summed E-state index contributed by atoms with van der Waals surface area (Å²) in [7, 11) is 0. The summed E-state index contributed by atoms with van der Waals surface area (Å²) in [6.45, 7) is 14.4. The zero-order valence-corrected chi connectivity index (χ0v) is 33.4. The van der Waals surface area contributed by atoms with Gasteiger partial charge in [0.2, 0.25) is 0 Å². The van der Waals surface area contributed by atoms with Gasteiger partial charge >= 0.3 is 6.18 Å². The van der Waals surface area contributed by atoms with Gasteiger partial charge in [-0.25, -0.2) is 4.85 Å². The van der Waals surface area contributed by atoms with Crippen molar-refractivity contribution < 1.29 is 13.2 Å². The fraction of sp³-hybridized carbons (Fsp3) is 0.0741. The van der Waals surface area contributed by atoms with E-state index in [0.29, 0.717) is 33.5 Å². The summed E-state index contributed by atoms with van der Waals surface area (Å²) in [6.07, 6.45) is -4.50. The van der Waals surface area contributed by atoms with Crippen molar-refractivity contribution in [2.24, 2.45) is 0 Å². The maximum absolute atomic E-state index is 14.1. The highest BCUT2D eigenvalue weighted by molar-refractivity contribution is 6.13. The summed E-state index contributed by atoms with van der Waals surface area (Å²) in [5.41, 5.74) is 12.8. The highest BCUT2D eigenvalue weighted by atomic mass is 19.4. The van der Waals surface area contributed by atoms with Crippen molar-refractivity contribution in [2.45, 2.75) is 26.9 Å². The van der Waals surface area contributed by atoms with Gasteiger partial charge in [-0.15, -0.1) is 0 Å². The van der Waals surface area contributed by atoms with Crippen LogP contribution in [0.25, 0.3) is 93.2 Å². The Kier molecular flexibility index (Phi) is 8.68. The molecular formula is C54H35F3N4. The summed E-state index contributed by atoms with van der Waals surface area (Å²) in [5.74, 6) is 0. The number of aryl methyl sites for hydroxylation is 3. The lowest BCUT2D eigenvalue weighted by molar-refractivity contribution is -0.137. The van der Waals surface area contributed by atoms with Crippen LogP contribution < -0.4 is 0 Å². The van der Waals surface area contributed by atoms with Gasteiger partial charge in [-0.3, -0.25) is 0 Å². The summed E-state index contributed by atoms with van der Waals surface area (Å²) < 4.78 is 46.8. The molecule has 0 atom stereocenters. The van der Waals surface area contributed by atoms with Crippen LogP contribution in [0.1, 0.15) is 27.8 Å². The molecule has 2 aromatic heterocycles. The van der Waals surface area contributed by atoms with Crippen molar-refractivity contribution >= 4 is 49.3 Å². The molecule has 8 aromatic carbocycles. The minimum Gasteiger partial charge on any atom is -0.308 e. The predicted octanol–water partition coefficient (Wildman–Crippen LogP) is 15.2. The van der Waals surface area contributed by atoms with E-state index < -0.39 is 11.7 Å². The topological polar surface area (TPSA) is 38.0 Å². The largest absolute Gasteiger partial charge is 0.416 e. The van der Waals surface area contributed by atoms with Gasteiger partial charge in [0, 0.05) is 21.5 Å². The Morgan fingerprint density at radius 3 is 1.57 bits per heavy atom. The molecule has 7 heteroatoms.